The summed E-state index contributed by atoms with van der Waals surface area (Å²) in [6, 6.07) is 8.16. The Bertz CT molecular complexity index is 518. The lowest BCUT2D eigenvalue weighted by molar-refractivity contribution is 0.423. The van der Waals surface area contributed by atoms with E-state index in [1.165, 1.54) is 0 Å². The van der Waals surface area contributed by atoms with Crippen molar-refractivity contribution in [3.05, 3.63) is 35.0 Å². The van der Waals surface area contributed by atoms with Crippen LogP contribution in [0.5, 0.6) is 0 Å². The Morgan fingerprint density at radius 2 is 2.21 bits per heavy atom. The molecule has 4 heteroatoms. The predicted octanol–water partition coefficient (Wildman–Crippen LogP) is 4.88. The summed E-state index contributed by atoms with van der Waals surface area (Å²) < 4.78 is 5.95. The first-order valence-corrected chi connectivity index (χ1v) is 8.43. The quantitative estimate of drug-likeness (QED) is 0.788. The van der Waals surface area contributed by atoms with Gasteiger partial charge in [-0.05, 0) is 55.7 Å². The second-order valence-corrected chi connectivity index (χ2v) is 6.04. The van der Waals surface area contributed by atoms with Crippen LogP contribution in [0, 0.1) is 0 Å². The number of halogens is 1. The van der Waals surface area contributed by atoms with Crippen molar-refractivity contribution in [2.24, 2.45) is 0 Å². The number of rotatable bonds is 7. The molecule has 2 rings (SSSR count). The van der Waals surface area contributed by atoms with Crippen LogP contribution in [0.2, 0.25) is 5.02 Å². The normalized spacial score (nSPS) is 13.0. The number of hydrogen-bond donors (Lipinski definition) is 1. The van der Waals surface area contributed by atoms with E-state index in [0.29, 0.717) is 6.04 Å². The molecule has 0 saturated carbocycles. The van der Waals surface area contributed by atoms with Crippen LogP contribution in [0.3, 0.4) is 0 Å². The van der Waals surface area contributed by atoms with Crippen LogP contribution in [-0.4, -0.2) is 18.6 Å². The Morgan fingerprint density at radius 3 is 2.95 bits per heavy atom. The van der Waals surface area contributed by atoms with Crippen LogP contribution < -0.4 is 5.32 Å². The van der Waals surface area contributed by atoms with Gasteiger partial charge in [-0.15, -0.1) is 0 Å². The van der Waals surface area contributed by atoms with Gasteiger partial charge in [0.1, 0.15) is 11.3 Å². The van der Waals surface area contributed by atoms with E-state index in [0.717, 1.165) is 46.9 Å². The van der Waals surface area contributed by atoms with Gasteiger partial charge in [-0.3, -0.25) is 0 Å². The fourth-order valence-corrected chi connectivity index (χ4v) is 2.76. The van der Waals surface area contributed by atoms with Crippen molar-refractivity contribution in [2.75, 3.05) is 18.6 Å². The van der Waals surface area contributed by atoms with E-state index in [1.807, 2.05) is 30.0 Å². The van der Waals surface area contributed by atoms with Gasteiger partial charge >= 0.3 is 0 Å². The molecule has 1 unspecified atom stereocenters. The maximum atomic E-state index is 6.01. The number of furan rings is 1. The fraction of sp³-hybridized carbons (Fsp3) is 0.467. The highest BCUT2D eigenvalue weighted by Crippen LogP contribution is 2.28. The fourth-order valence-electron chi connectivity index (χ4n) is 2.11. The minimum atomic E-state index is 0.290. The third-order valence-electron chi connectivity index (χ3n) is 3.09. The Hall–Kier alpha value is -0.640. The maximum absolute atomic E-state index is 6.01. The molecule has 1 N–H and O–H groups in total. The minimum Gasteiger partial charge on any atom is -0.459 e. The number of hydrogen-bond acceptors (Lipinski definition) is 3. The smallest absolute Gasteiger partial charge is 0.134 e. The SMILES string of the molecule is CCCNC(CCSC)c1cc2cc(Cl)ccc2o1. The lowest BCUT2D eigenvalue weighted by Crippen LogP contribution is -2.22. The molecule has 0 bridgehead atoms. The van der Waals surface area contributed by atoms with Crippen LogP contribution in [-0.2, 0) is 0 Å². The number of fused-ring (bicyclic) bond motifs is 1. The zero-order chi connectivity index (χ0) is 13.7. The van der Waals surface area contributed by atoms with Crippen molar-refractivity contribution in [1.82, 2.24) is 5.32 Å². The average Bonchev–Trinajstić information content (AvgIpc) is 2.81. The largest absolute Gasteiger partial charge is 0.459 e. The molecule has 104 valence electrons. The first-order chi connectivity index (χ1) is 9.24. The summed E-state index contributed by atoms with van der Waals surface area (Å²) in [5, 5.41) is 5.39. The first kappa shape index (κ1) is 14.8. The van der Waals surface area contributed by atoms with Gasteiger partial charge in [0.2, 0.25) is 0 Å². The molecular weight excluding hydrogens is 278 g/mol. The third-order valence-corrected chi connectivity index (χ3v) is 3.97. The standard InChI is InChI=1S/C15H20ClNOS/c1-3-7-17-13(6-8-19-2)15-10-11-9-12(16)4-5-14(11)18-15/h4-5,9-10,13,17H,3,6-8H2,1-2H3. The van der Waals surface area contributed by atoms with Gasteiger partial charge in [-0.2, -0.15) is 11.8 Å². The molecule has 0 aliphatic rings. The van der Waals surface area contributed by atoms with Crippen molar-refractivity contribution >= 4 is 34.3 Å². The van der Waals surface area contributed by atoms with Gasteiger partial charge in [0, 0.05) is 10.4 Å². The molecule has 1 atom stereocenters. The second kappa shape index (κ2) is 7.22. The topological polar surface area (TPSA) is 25.2 Å². The molecule has 19 heavy (non-hydrogen) atoms. The molecule has 0 spiro atoms. The van der Waals surface area contributed by atoms with Crippen molar-refractivity contribution in [3.8, 4) is 0 Å². The van der Waals surface area contributed by atoms with Crippen LogP contribution in [0.1, 0.15) is 31.6 Å². The van der Waals surface area contributed by atoms with Crippen molar-refractivity contribution in [3.63, 3.8) is 0 Å². The molecule has 0 aliphatic heterocycles. The molecule has 1 aromatic carbocycles. The monoisotopic (exact) mass is 297 g/mol. The van der Waals surface area contributed by atoms with E-state index in [-0.39, 0.29) is 0 Å². The lowest BCUT2D eigenvalue weighted by atomic mass is 10.1. The van der Waals surface area contributed by atoms with Gasteiger partial charge in [0.05, 0.1) is 6.04 Å². The lowest BCUT2D eigenvalue weighted by Gasteiger charge is -2.15. The Balaban J connectivity index is 2.21. The van der Waals surface area contributed by atoms with Crippen molar-refractivity contribution < 1.29 is 4.42 Å². The summed E-state index contributed by atoms with van der Waals surface area (Å²) in [5.74, 6) is 2.14. The molecule has 1 heterocycles. The summed E-state index contributed by atoms with van der Waals surface area (Å²) in [6.45, 7) is 3.19. The predicted molar refractivity (Wildman–Crippen MR) is 85.3 cm³/mol. The highest BCUT2D eigenvalue weighted by molar-refractivity contribution is 7.98. The van der Waals surface area contributed by atoms with E-state index in [4.69, 9.17) is 16.0 Å². The zero-order valence-electron chi connectivity index (χ0n) is 11.4. The zero-order valence-corrected chi connectivity index (χ0v) is 13.0. The number of nitrogens with one attached hydrogen (secondary N) is 1. The van der Waals surface area contributed by atoms with Crippen LogP contribution >= 0.6 is 23.4 Å². The number of benzene rings is 1. The van der Waals surface area contributed by atoms with E-state index < -0.39 is 0 Å². The second-order valence-electron chi connectivity index (χ2n) is 4.62. The molecule has 1 aromatic heterocycles. The van der Waals surface area contributed by atoms with Crippen LogP contribution in [0.25, 0.3) is 11.0 Å². The van der Waals surface area contributed by atoms with Gasteiger partial charge < -0.3 is 9.73 Å². The van der Waals surface area contributed by atoms with E-state index in [9.17, 15) is 0 Å². The summed E-state index contributed by atoms with van der Waals surface area (Å²) in [7, 11) is 0. The van der Waals surface area contributed by atoms with Gasteiger partial charge in [0.25, 0.3) is 0 Å². The van der Waals surface area contributed by atoms with Crippen molar-refractivity contribution in [2.45, 2.75) is 25.8 Å². The van der Waals surface area contributed by atoms with Gasteiger partial charge in [-0.1, -0.05) is 18.5 Å². The van der Waals surface area contributed by atoms with Crippen LogP contribution in [0.15, 0.2) is 28.7 Å². The molecule has 0 amide bonds. The molecule has 0 radical (unpaired) electrons. The highest BCUT2D eigenvalue weighted by Gasteiger charge is 2.15. The summed E-state index contributed by atoms with van der Waals surface area (Å²) in [5.41, 5.74) is 0.909. The van der Waals surface area contributed by atoms with Crippen LogP contribution in [0.4, 0.5) is 0 Å². The van der Waals surface area contributed by atoms with Gasteiger partial charge in [0.15, 0.2) is 0 Å². The number of thioether (sulfide) groups is 1. The molecule has 2 nitrogen and oxygen atoms in total. The van der Waals surface area contributed by atoms with E-state index in [2.05, 4.69) is 24.6 Å². The third kappa shape index (κ3) is 3.91. The van der Waals surface area contributed by atoms with E-state index >= 15 is 0 Å². The highest BCUT2D eigenvalue weighted by atomic mass is 35.5. The maximum Gasteiger partial charge on any atom is 0.134 e. The summed E-state index contributed by atoms with van der Waals surface area (Å²) >= 11 is 7.88. The average molecular weight is 298 g/mol. The molecule has 2 aromatic rings. The first-order valence-electron chi connectivity index (χ1n) is 6.66. The summed E-state index contributed by atoms with van der Waals surface area (Å²) in [6.07, 6.45) is 4.34. The molecule has 0 aliphatic carbocycles. The van der Waals surface area contributed by atoms with Gasteiger partial charge in [-0.25, -0.2) is 0 Å². The molecule has 0 saturated heterocycles. The Kier molecular flexibility index (Phi) is 5.61. The van der Waals surface area contributed by atoms with E-state index in [1.54, 1.807) is 0 Å². The Labute approximate surface area is 123 Å². The molecule has 0 fully saturated rings. The minimum absolute atomic E-state index is 0.290. The van der Waals surface area contributed by atoms with Crippen molar-refractivity contribution in [1.29, 1.82) is 0 Å². The Morgan fingerprint density at radius 1 is 1.37 bits per heavy atom. The molecular formula is C15H20ClNOS. The summed E-state index contributed by atoms with van der Waals surface area (Å²) in [4.78, 5) is 0.